The van der Waals surface area contributed by atoms with Crippen LogP contribution in [0.4, 0.5) is 5.69 Å². The summed E-state index contributed by atoms with van der Waals surface area (Å²) in [7, 11) is 0. The highest BCUT2D eigenvalue weighted by Gasteiger charge is 2.09. The van der Waals surface area contributed by atoms with E-state index in [9.17, 15) is 0 Å². The van der Waals surface area contributed by atoms with Gasteiger partial charge in [0.15, 0.2) is 0 Å². The number of nitrogens with zero attached hydrogens (tertiary/aromatic N) is 1. The molecule has 0 heterocycles. The highest BCUT2D eigenvalue weighted by atomic mass is 16.3. The normalized spacial score (nSPS) is 11.3. The first-order chi connectivity index (χ1) is 7.13. The Morgan fingerprint density at radius 1 is 1.40 bits per heavy atom. The van der Waals surface area contributed by atoms with Gasteiger partial charge in [-0.3, -0.25) is 4.90 Å². The van der Waals surface area contributed by atoms with E-state index in [-0.39, 0.29) is 6.61 Å². The van der Waals surface area contributed by atoms with Gasteiger partial charge in [0.2, 0.25) is 0 Å². The minimum Gasteiger partial charge on any atom is -0.399 e. The van der Waals surface area contributed by atoms with Crippen LogP contribution in [0.15, 0.2) is 24.3 Å². The first-order valence-corrected chi connectivity index (χ1v) is 5.33. The maximum atomic E-state index is 8.95. The molecule has 1 aromatic carbocycles. The maximum absolute atomic E-state index is 8.95. The molecular formula is C12H20N2O. The number of aliphatic hydroxyl groups excluding tert-OH is 1. The molecule has 1 aromatic rings. The predicted molar refractivity (Wildman–Crippen MR) is 63.5 cm³/mol. The Bertz CT molecular complexity index is 299. The minimum absolute atomic E-state index is 0.195. The van der Waals surface area contributed by atoms with Crippen molar-refractivity contribution in [2.24, 2.45) is 0 Å². The topological polar surface area (TPSA) is 49.5 Å². The molecule has 0 aliphatic carbocycles. The van der Waals surface area contributed by atoms with Crippen molar-refractivity contribution in [3.63, 3.8) is 0 Å². The summed E-state index contributed by atoms with van der Waals surface area (Å²) in [5.41, 5.74) is 7.70. The van der Waals surface area contributed by atoms with Gasteiger partial charge in [0.25, 0.3) is 0 Å². The Hall–Kier alpha value is -1.06. The highest BCUT2D eigenvalue weighted by Crippen LogP contribution is 2.11. The van der Waals surface area contributed by atoms with Gasteiger partial charge in [-0.25, -0.2) is 0 Å². The van der Waals surface area contributed by atoms with Crippen molar-refractivity contribution < 1.29 is 5.11 Å². The van der Waals surface area contributed by atoms with Crippen molar-refractivity contribution in [2.75, 3.05) is 18.9 Å². The molecule has 3 N–H and O–H groups in total. The highest BCUT2D eigenvalue weighted by molar-refractivity contribution is 5.40. The fourth-order valence-electron chi connectivity index (χ4n) is 1.57. The lowest BCUT2D eigenvalue weighted by atomic mass is 10.1. The van der Waals surface area contributed by atoms with Gasteiger partial charge in [-0.2, -0.15) is 0 Å². The molecule has 0 unspecified atom stereocenters. The van der Waals surface area contributed by atoms with E-state index in [2.05, 4.69) is 24.8 Å². The summed E-state index contributed by atoms with van der Waals surface area (Å²) in [6.07, 6.45) is 0. The first kappa shape index (κ1) is 12.0. The SMILES string of the molecule is CC(C)N(CCO)Cc1cccc(N)c1. The predicted octanol–water partition coefficient (Wildman–Crippen LogP) is 1.47. The number of nitrogen functional groups attached to an aromatic ring is 1. The van der Waals surface area contributed by atoms with Crippen LogP contribution in [0.1, 0.15) is 19.4 Å². The second-order valence-electron chi connectivity index (χ2n) is 4.03. The summed E-state index contributed by atoms with van der Waals surface area (Å²) in [6, 6.07) is 8.31. The van der Waals surface area contributed by atoms with Gasteiger partial charge < -0.3 is 10.8 Å². The van der Waals surface area contributed by atoms with Crippen molar-refractivity contribution in [3.05, 3.63) is 29.8 Å². The number of anilines is 1. The molecule has 0 saturated carbocycles. The van der Waals surface area contributed by atoms with E-state index in [0.29, 0.717) is 12.6 Å². The summed E-state index contributed by atoms with van der Waals surface area (Å²) in [5, 5.41) is 8.95. The number of aliphatic hydroxyl groups is 1. The standard InChI is InChI=1S/C12H20N2O/c1-10(2)14(6-7-15)9-11-4-3-5-12(13)8-11/h3-5,8,10,15H,6-7,9,13H2,1-2H3. The molecule has 0 aliphatic heterocycles. The summed E-state index contributed by atoms with van der Waals surface area (Å²) in [4.78, 5) is 2.22. The Morgan fingerprint density at radius 2 is 2.13 bits per heavy atom. The quantitative estimate of drug-likeness (QED) is 0.720. The van der Waals surface area contributed by atoms with Crippen LogP contribution in [-0.2, 0) is 6.54 Å². The van der Waals surface area contributed by atoms with Gasteiger partial charge in [-0.15, -0.1) is 0 Å². The Kier molecular flexibility index (Phi) is 4.59. The Labute approximate surface area is 91.5 Å². The van der Waals surface area contributed by atoms with Crippen LogP contribution in [0, 0.1) is 0 Å². The second kappa shape index (κ2) is 5.73. The van der Waals surface area contributed by atoms with Crippen molar-refractivity contribution in [3.8, 4) is 0 Å². The average molecular weight is 208 g/mol. The zero-order chi connectivity index (χ0) is 11.3. The van der Waals surface area contributed by atoms with Crippen LogP contribution in [0.5, 0.6) is 0 Å². The summed E-state index contributed by atoms with van der Waals surface area (Å²) < 4.78 is 0. The van der Waals surface area contributed by atoms with Gasteiger partial charge in [0, 0.05) is 24.8 Å². The van der Waals surface area contributed by atoms with E-state index < -0.39 is 0 Å². The molecule has 0 spiro atoms. The molecule has 0 bridgehead atoms. The van der Waals surface area contributed by atoms with Crippen LogP contribution in [0.25, 0.3) is 0 Å². The van der Waals surface area contributed by atoms with Crippen LogP contribution in [-0.4, -0.2) is 29.2 Å². The van der Waals surface area contributed by atoms with Gasteiger partial charge in [0.1, 0.15) is 0 Å². The minimum atomic E-state index is 0.195. The first-order valence-electron chi connectivity index (χ1n) is 5.33. The third kappa shape index (κ3) is 3.90. The van der Waals surface area contributed by atoms with Crippen LogP contribution < -0.4 is 5.73 Å². The fraction of sp³-hybridized carbons (Fsp3) is 0.500. The molecule has 84 valence electrons. The lowest BCUT2D eigenvalue weighted by Gasteiger charge is -2.25. The van der Waals surface area contributed by atoms with Crippen molar-refractivity contribution >= 4 is 5.69 Å². The molecule has 0 aromatic heterocycles. The molecule has 0 atom stereocenters. The molecule has 0 fully saturated rings. The number of hydrogen-bond donors (Lipinski definition) is 2. The second-order valence-corrected chi connectivity index (χ2v) is 4.03. The van der Waals surface area contributed by atoms with Gasteiger partial charge >= 0.3 is 0 Å². The Morgan fingerprint density at radius 3 is 2.67 bits per heavy atom. The molecule has 0 radical (unpaired) electrons. The van der Waals surface area contributed by atoms with Crippen molar-refractivity contribution in [2.45, 2.75) is 26.4 Å². The molecule has 3 nitrogen and oxygen atoms in total. The maximum Gasteiger partial charge on any atom is 0.0558 e. The van der Waals surface area contributed by atoms with Crippen molar-refractivity contribution in [1.29, 1.82) is 0 Å². The summed E-state index contributed by atoms with van der Waals surface area (Å²) in [5.74, 6) is 0. The van der Waals surface area contributed by atoms with E-state index in [1.165, 1.54) is 5.56 Å². The number of benzene rings is 1. The van der Waals surface area contributed by atoms with Gasteiger partial charge in [0.05, 0.1) is 6.61 Å². The third-order valence-corrected chi connectivity index (χ3v) is 2.45. The van der Waals surface area contributed by atoms with Crippen LogP contribution >= 0.6 is 0 Å². The zero-order valence-electron chi connectivity index (χ0n) is 9.48. The van der Waals surface area contributed by atoms with Crippen molar-refractivity contribution in [1.82, 2.24) is 4.90 Å². The monoisotopic (exact) mass is 208 g/mol. The molecule has 0 saturated heterocycles. The van der Waals surface area contributed by atoms with Crippen LogP contribution in [0.2, 0.25) is 0 Å². The number of nitrogens with two attached hydrogens (primary N) is 1. The molecule has 1 rings (SSSR count). The van der Waals surface area contributed by atoms with E-state index in [4.69, 9.17) is 10.8 Å². The van der Waals surface area contributed by atoms with Gasteiger partial charge in [-0.05, 0) is 31.5 Å². The number of rotatable bonds is 5. The molecule has 3 heteroatoms. The smallest absolute Gasteiger partial charge is 0.0558 e. The largest absolute Gasteiger partial charge is 0.399 e. The zero-order valence-corrected chi connectivity index (χ0v) is 9.48. The molecule has 0 aliphatic rings. The van der Waals surface area contributed by atoms with E-state index in [1.807, 2.05) is 18.2 Å². The molecule has 0 amide bonds. The summed E-state index contributed by atoms with van der Waals surface area (Å²) in [6.45, 7) is 5.99. The van der Waals surface area contributed by atoms with Crippen LogP contribution in [0.3, 0.4) is 0 Å². The van der Waals surface area contributed by atoms with Gasteiger partial charge in [-0.1, -0.05) is 12.1 Å². The lowest BCUT2D eigenvalue weighted by Crippen LogP contribution is -2.32. The van der Waals surface area contributed by atoms with E-state index in [0.717, 1.165) is 12.2 Å². The Balaban J connectivity index is 2.65. The average Bonchev–Trinajstić information content (AvgIpc) is 2.17. The fourth-order valence-corrected chi connectivity index (χ4v) is 1.57. The molecular weight excluding hydrogens is 188 g/mol. The van der Waals surface area contributed by atoms with E-state index >= 15 is 0 Å². The van der Waals surface area contributed by atoms with E-state index in [1.54, 1.807) is 0 Å². The number of hydrogen-bond acceptors (Lipinski definition) is 3. The summed E-state index contributed by atoms with van der Waals surface area (Å²) >= 11 is 0. The lowest BCUT2D eigenvalue weighted by molar-refractivity contribution is 0.159. The molecule has 15 heavy (non-hydrogen) atoms. The third-order valence-electron chi connectivity index (χ3n) is 2.45.